The predicted molar refractivity (Wildman–Crippen MR) is 88.3 cm³/mol. The fraction of sp³-hybridized carbons (Fsp3) is 0.667. The van der Waals surface area contributed by atoms with Gasteiger partial charge in [-0.05, 0) is 43.9 Å². The second kappa shape index (κ2) is 7.51. The van der Waals surface area contributed by atoms with E-state index in [2.05, 4.69) is 24.4 Å². The van der Waals surface area contributed by atoms with Crippen LogP contribution in [0.5, 0.6) is 11.5 Å². The van der Waals surface area contributed by atoms with Gasteiger partial charge < -0.3 is 24.3 Å². The van der Waals surface area contributed by atoms with Crippen LogP contribution in [-0.2, 0) is 14.9 Å². The van der Waals surface area contributed by atoms with Crippen LogP contribution in [0.15, 0.2) is 18.2 Å². The van der Waals surface area contributed by atoms with Crippen LogP contribution >= 0.6 is 0 Å². The van der Waals surface area contributed by atoms with Gasteiger partial charge in [0.25, 0.3) is 0 Å². The van der Waals surface area contributed by atoms with Gasteiger partial charge in [-0.1, -0.05) is 6.07 Å². The van der Waals surface area contributed by atoms with E-state index in [-0.39, 0.29) is 5.41 Å². The number of hydrogen-bond donors (Lipinski definition) is 1. The fourth-order valence-corrected chi connectivity index (χ4v) is 3.32. The second-order valence-electron chi connectivity index (χ2n) is 6.52. The molecule has 1 aromatic carbocycles. The van der Waals surface area contributed by atoms with Crippen LogP contribution in [0, 0.1) is 0 Å². The topological polar surface area (TPSA) is 49.0 Å². The van der Waals surface area contributed by atoms with Gasteiger partial charge in [0.1, 0.15) is 0 Å². The van der Waals surface area contributed by atoms with Gasteiger partial charge in [0.15, 0.2) is 11.5 Å². The molecule has 0 bridgehead atoms. The molecule has 23 heavy (non-hydrogen) atoms. The van der Waals surface area contributed by atoms with Gasteiger partial charge in [0.2, 0.25) is 6.79 Å². The van der Waals surface area contributed by atoms with Crippen molar-refractivity contribution >= 4 is 0 Å². The van der Waals surface area contributed by atoms with Crippen molar-refractivity contribution in [3.8, 4) is 11.5 Å². The van der Waals surface area contributed by atoms with Crippen molar-refractivity contribution in [2.45, 2.75) is 37.6 Å². The van der Waals surface area contributed by atoms with E-state index in [1.54, 1.807) is 7.11 Å². The lowest BCUT2D eigenvalue weighted by Gasteiger charge is -2.39. The number of benzene rings is 1. The Labute approximate surface area is 138 Å². The van der Waals surface area contributed by atoms with E-state index in [0.717, 1.165) is 57.1 Å². The molecule has 0 saturated carbocycles. The average Bonchev–Trinajstić information content (AvgIpc) is 3.06. The molecule has 1 saturated heterocycles. The normalized spacial score (nSPS) is 20.4. The molecule has 5 nitrogen and oxygen atoms in total. The smallest absolute Gasteiger partial charge is 0.231 e. The van der Waals surface area contributed by atoms with Gasteiger partial charge in [0.05, 0.1) is 0 Å². The molecule has 0 radical (unpaired) electrons. The van der Waals surface area contributed by atoms with Gasteiger partial charge in [-0.15, -0.1) is 0 Å². The summed E-state index contributed by atoms with van der Waals surface area (Å²) in [4.78, 5) is 0. The number of methoxy groups -OCH3 is 1. The summed E-state index contributed by atoms with van der Waals surface area (Å²) in [5.41, 5.74) is 1.41. The number of rotatable bonds is 7. The molecule has 2 heterocycles. The maximum atomic E-state index is 5.61. The Hall–Kier alpha value is -1.30. The molecule has 2 aliphatic rings. The summed E-state index contributed by atoms with van der Waals surface area (Å²) < 4.78 is 21.8. The zero-order valence-electron chi connectivity index (χ0n) is 14.1. The lowest BCUT2D eigenvalue weighted by molar-refractivity contribution is 0.0485. The first-order valence-electron chi connectivity index (χ1n) is 8.44. The third-order valence-corrected chi connectivity index (χ3v) is 4.98. The minimum absolute atomic E-state index is 0.0978. The Morgan fingerprint density at radius 3 is 2.78 bits per heavy atom. The molecule has 1 aromatic rings. The average molecular weight is 321 g/mol. The highest BCUT2D eigenvalue weighted by Crippen LogP contribution is 2.40. The first-order chi connectivity index (χ1) is 11.2. The SMILES string of the molecule is COCCC(C)NCC1(c2ccc3c(c2)OCO3)CCOCC1. The van der Waals surface area contributed by atoms with E-state index in [1.807, 2.05) is 6.07 Å². The molecule has 0 aromatic heterocycles. The number of nitrogens with one attached hydrogen (secondary N) is 1. The highest BCUT2D eigenvalue weighted by atomic mass is 16.7. The maximum Gasteiger partial charge on any atom is 0.231 e. The highest BCUT2D eigenvalue weighted by Gasteiger charge is 2.35. The Kier molecular flexibility index (Phi) is 5.41. The van der Waals surface area contributed by atoms with E-state index >= 15 is 0 Å². The summed E-state index contributed by atoms with van der Waals surface area (Å²) in [6, 6.07) is 6.79. The standard InChI is InChI=1S/C18H27NO4/c1-14(5-8-20-2)19-12-18(6-9-21-10-7-18)15-3-4-16-17(11-15)23-13-22-16/h3-4,11,14,19H,5-10,12-13H2,1-2H3. The van der Waals surface area contributed by atoms with Crippen molar-refractivity contribution < 1.29 is 18.9 Å². The first kappa shape index (κ1) is 16.6. The van der Waals surface area contributed by atoms with Crippen molar-refractivity contribution in [1.29, 1.82) is 0 Å². The molecule has 1 atom stereocenters. The number of fused-ring (bicyclic) bond motifs is 1. The lowest BCUT2D eigenvalue weighted by Crippen LogP contribution is -2.45. The Morgan fingerprint density at radius 1 is 1.22 bits per heavy atom. The zero-order valence-corrected chi connectivity index (χ0v) is 14.1. The van der Waals surface area contributed by atoms with E-state index in [9.17, 15) is 0 Å². The summed E-state index contributed by atoms with van der Waals surface area (Å²) in [5.74, 6) is 1.71. The highest BCUT2D eigenvalue weighted by molar-refractivity contribution is 5.47. The minimum Gasteiger partial charge on any atom is -0.454 e. The van der Waals surface area contributed by atoms with E-state index in [4.69, 9.17) is 18.9 Å². The molecule has 1 N–H and O–H groups in total. The van der Waals surface area contributed by atoms with Gasteiger partial charge in [-0.2, -0.15) is 0 Å². The van der Waals surface area contributed by atoms with Crippen LogP contribution in [0.4, 0.5) is 0 Å². The van der Waals surface area contributed by atoms with Crippen LogP contribution in [0.3, 0.4) is 0 Å². The number of hydrogen-bond acceptors (Lipinski definition) is 5. The van der Waals surface area contributed by atoms with Gasteiger partial charge in [0, 0.05) is 44.9 Å². The zero-order chi connectivity index (χ0) is 16.1. The van der Waals surface area contributed by atoms with Crippen LogP contribution in [0.1, 0.15) is 31.7 Å². The van der Waals surface area contributed by atoms with Crippen LogP contribution in [0.25, 0.3) is 0 Å². The van der Waals surface area contributed by atoms with E-state index in [1.165, 1.54) is 5.56 Å². The van der Waals surface area contributed by atoms with Crippen LogP contribution in [-0.4, -0.2) is 46.3 Å². The summed E-state index contributed by atoms with van der Waals surface area (Å²) in [6.07, 6.45) is 3.07. The minimum atomic E-state index is 0.0978. The number of ether oxygens (including phenoxy) is 4. The molecule has 128 valence electrons. The summed E-state index contributed by atoms with van der Waals surface area (Å²) in [5, 5.41) is 3.69. The molecule has 0 aliphatic carbocycles. The molecule has 0 spiro atoms. The molecular weight excluding hydrogens is 294 g/mol. The summed E-state index contributed by atoms with van der Waals surface area (Å²) >= 11 is 0. The second-order valence-corrected chi connectivity index (χ2v) is 6.52. The monoisotopic (exact) mass is 321 g/mol. The molecule has 3 rings (SSSR count). The fourth-order valence-electron chi connectivity index (χ4n) is 3.32. The van der Waals surface area contributed by atoms with Crippen molar-refractivity contribution in [2.24, 2.45) is 0 Å². The third-order valence-electron chi connectivity index (χ3n) is 4.98. The molecule has 0 amide bonds. The van der Waals surface area contributed by atoms with Crippen LogP contribution in [0.2, 0.25) is 0 Å². The van der Waals surface area contributed by atoms with E-state index in [0.29, 0.717) is 12.8 Å². The van der Waals surface area contributed by atoms with Crippen molar-refractivity contribution in [2.75, 3.05) is 40.3 Å². The molecule has 2 aliphatic heterocycles. The van der Waals surface area contributed by atoms with Gasteiger partial charge in [-0.3, -0.25) is 0 Å². The van der Waals surface area contributed by atoms with Crippen molar-refractivity contribution in [1.82, 2.24) is 5.32 Å². The largest absolute Gasteiger partial charge is 0.454 e. The summed E-state index contributed by atoms with van der Waals surface area (Å²) in [6.45, 7) is 5.88. The van der Waals surface area contributed by atoms with Crippen LogP contribution < -0.4 is 14.8 Å². The van der Waals surface area contributed by atoms with Gasteiger partial charge in [-0.25, -0.2) is 0 Å². The predicted octanol–water partition coefficient (Wildman–Crippen LogP) is 2.48. The van der Waals surface area contributed by atoms with Crippen molar-refractivity contribution in [3.05, 3.63) is 23.8 Å². The molecule has 1 fully saturated rings. The molecular formula is C18H27NO4. The molecule has 1 unspecified atom stereocenters. The lowest BCUT2D eigenvalue weighted by atomic mass is 9.74. The van der Waals surface area contributed by atoms with Crippen molar-refractivity contribution in [3.63, 3.8) is 0 Å². The first-order valence-corrected chi connectivity index (χ1v) is 8.44. The maximum absolute atomic E-state index is 5.61. The third kappa shape index (κ3) is 3.79. The quantitative estimate of drug-likeness (QED) is 0.836. The summed E-state index contributed by atoms with van der Waals surface area (Å²) in [7, 11) is 1.75. The Balaban J connectivity index is 1.74. The molecule has 5 heteroatoms. The van der Waals surface area contributed by atoms with E-state index < -0.39 is 0 Å². The van der Waals surface area contributed by atoms with Gasteiger partial charge >= 0.3 is 0 Å². The Bertz CT molecular complexity index is 514. The Morgan fingerprint density at radius 2 is 2.00 bits per heavy atom.